The molecule has 2 heterocycles. The van der Waals surface area contributed by atoms with Crippen molar-refractivity contribution >= 4 is 28.1 Å². The Morgan fingerprint density at radius 1 is 1.15 bits per heavy atom. The van der Waals surface area contributed by atoms with E-state index < -0.39 is 5.97 Å². The van der Waals surface area contributed by atoms with Crippen LogP contribution in [-0.2, 0) is 16.6 Å². The van der Waals surface area contributed by atoms with Gasteiger partial charge in [-0.1, -0.05) is 43.2 Å². The van der Waals surface area contributed by atoms with Gasteiger partial charge in [-0.2, -0.15) is 4.58 Å². The highest BCUT2D eigenvalue weighted by Crippen LogP contribution is 2.46. The second-order valence-corrected chi connectivity index (χ2v) is 9.52. The number of hydrogen-bond donors (Lipinski definition) is 0. The van der Waals surface area contributed by atoms with Gasteiger partial charge in [-0.05, 0) is 61.6 Å². The monoisotopic (exact) mass is 442 g/mol. The molecule has 1 aromatic heterocycles. The summed E-state index contributed by atoms with van der Waals surface area (Å²) in [5.41, 5.74) is 3.54. The molecule has 0 saturated heterocycles. The van der Waals surface area contributed by atoms with Crippen molar-refractivity contribution in [1.29, 1.82) is 0 Å². The van der Waals surface area contributed by atoms with E-state index in [1.807, 2.05) is 6.07 Å². The predicted molar refractivity (Wildman–Crippen MR) is 132 cm³/mol. The molecule has 1 atom stereocenters. The van der Waals surface area contributed by atoms with Gasteiger partial charge in [0.2, 0.25) is 11.4 Å². The quantitative estimate of drug-likeness (QED) is 0.320. The third-order valence-corrected chi connectivity index (χ3v) is 7.34. The first kappa shape index (κ1) is 21.7. The summed E-state index contributed by atoms with van der Waals surface area (Å²) in [5, 5.41) is 2.51. The molecule has 0 amide bonds. The van der Waals surface area contributed by atoms with Gasteiger partial charge in [-0.3, -0.25) is 0 Å². The third-order valence-electron chi connectivity index (χ3n) is 7.34. The van der Waals surface area contributed by atoms with Crippen LogP contribution in [0.5, 0.6) is 0 Å². The van der Waals surface area contributed by atoms with Crippen molar-refractivity contribution in [2.45, 2.75) is 51.4 Å². The molecule has 1 unspecified atom stereocenters. The zero-order valence-corrected chi connectivity index (χ0v) is 19.8. The SMILES string of the molecule is CCOC(=O)c1ccc(CC2(C)C(C=CC3CCCC3)=[N+](C)c3ccc4ccccc4c32)o1. The minimum Gasteiger partial charge on any atom is -0.460 e. The van der Waals surface area contributed by atoms with E-state index >= 15 is 0 Å². The zero-order chi connectivity index (χ0) is 23.0. The fraction of sp³-hybridized carbons (Fsp3) is 0.379. The standard InChI is InChI=1S/C29H32NO3/c1-4-32-28(31)25-17-15-22(33-25)19-29(2)26(18-13-20-9-5-6-10-20)30(3)24-16-14-21-11-7-8-12-23(21)27(24)29/h7-8,11-18,20H,4-6,9-10,19H2,1-3H3/q+1. The van der Waals surface area contributed by atoms with Crippen molar-refractivity contribution < 1.29 is 18.5 Å². The second-order valence-electron chi connectivity index (χ2n) is 9.52. The maximum atomic E-state index is 12.2. The van der Waals surface area contributed by atoms with E-state index in [2.05, 4.69) is 67.1 Å². The summed E-state index contributed by atoms with van der Waals surface area (Å²) < 4.78 is 13.4. The molecule has 0 radical (unpaired) electrons. The Morgan fingerprint density at radius 3 is 2.73 bits per heavy atom. The van der Waals surface area contributed by atoms with Crippen LogP contribution in [0.2, 0.25) is 0 Å². The maximum Gasteiger partial charge on any atom is 0.374 e. The average molecular weight is 443 g/mol. The van der Waals surface area contributed by atoms with Crippen molar-refractivity contribution in [3.05, 3.63) is 77.8 Å². The molecule has 2 aliphatic rings. The normalized spacial score (nSPS) is 20.8. The van der Waals surface area contributed by atoms with E-state index in [1.165, 1.54) is 53.4 Å². The van der Waals surface area contributed by atoms with Crippen molar-refractivity contribution in [2.75, 3.05) is 13.7 Å². The first-order chi connectivity index (χ1) is 16.0. The maximum absolute atomic E-state index is 12.2. The molecular weight excluding hydrogens is 410 g/mol. The number of benzene rings is 2. The molecule has 1 fully saturated rings. The Morgan fingerprint density at radius 2 is 1.94 bits per heavy atom. The van der Waals surface area contributed by atoms with Crippen LogP contribution in [0.25, 0.3) is 10.8 Å². The highest BCUT2D eigenvalue weighted by molar-refractivity contribution is 6.08. The smallest absolute Gasteiger partial charge is 0.374 e. The molecule has 1 saturated carbocycles. The van der Waals surface area contributed by atoms with E-state index in [1.54, 1.807) is 13.0 Å². The van der Waals surface area contributed by atoms with Gasteiger partial charge in [0.1, 0.15) is 12.8 Å². The number of fused-ring (bicyclic) bond motifs is 3. The molecule has 2 aromatic carbocycles. The van der Waals surface area contributed by atoms with Crippen molar-refractivity contribution in [2.24, 2.45) is 5.92 Å². The van der Waals surface area contributed by atoms with Crippen LogP contribution in [0.3, 0.4) is 0 Å². The molecule has 0 N–H and O–H groups in total. The molecule has 4 heteroatoms. The van der Waals surface area contributed by atoms with Crippen LogP contribution in [0.1, 0.15) is 61.4 Å². The van der Waals surface area contributed by atoms with Gasteiger partial charge in [-0.25, -0.2) is 4.79 Å². The number of nitrogens with zero attached hydrogens (tertiary/aromatic N) is 1. The molecule has 33 heavy (non-hydrogen) atoms. The molecule has 0 bridgehead atoms. The van der Waals surface area contributed by atoms with E-state index in [4.69, 9.17) is 9.15 Å². The van der Waals surface area contributed by atoms with Crippen LogP contribution in [-0.4, -0.2) is 29.9 Å². The van der Waals surface area contributed by atoms with Crippen molar-refractivity contribution in [3.63, 3.8) is 0 Å². The summed E-state index contributed by atoms with van der Waals surface area (Å²) in [4.78, 5) is 12.2. The second kappa shape index (κ2) is 8.66. The first-order valence-corrected chi connectivity index (χ1v) is 12.1. The number of ether oxygens (including phenoxy) is 1. The van der Waals surface area contributed by atoms with Gasteiger partial charge in [0.05, 0.1) is 12.0 Å². The number of furan rings is 1. The van der Waals surface area contributed by atoms with Crippen molar-refractivity contribution in [3.8, 4) is 0 Å². The third kappa shape index (κ3) is 3.82. The Labute approximate surface area is 195 Å². The summed E-state index contributed by atoms with van der Waals surface area (Å²) in [6.07, 6.45) is 10.6. The lowest BCUT2D eigenvalue weighted by Crippen LogP contribution is -2.33. The predicted octanol–water partition coefficient (Wildman–Crippen LogP) is 6.58. The number of allylic oxidation sites excluding steroid dienone is 2. The van der Waals surface area contributed by atoms with E-state index in [9.17, 15) is 4.79 Å². The topological polar surface area (TPSA) is 42.5 Å². The molecule has 3 aromatic rings. The highest BCUT2D eigenvalue weighted by Gasteiger charge is 2.48. The Bertz CT molecular complexity index is 1260. The van der Waals surface area contributed by atoms with Crippen LogP contribution in [0.4, 0.5) is 5.69 Å². The Kier molecular flexibility index (Phi) is 5.69. The molecular formula is C29H32NO3+. The summed E-state index contributed by atoms with van der Waals surface area (Å²) in [6, 6.07) is 16.7. The van der Waals surface area contributed by atoms with Gasteiger partial charge < -0.3 is 9.15 Å². The van der Waals surface area contributed by atoms with E-state index in [0.29, 0.717) is 18.9 Å². The summed E-state index contributed by atoms with van der Waals surface area (Å²) in [6.45, 7) is 4.44. The highest BCUT2D eigenvalue weighted by atomic mass is 16.5. The number of carbonyl (C=O) groups excluding carboxylic acids is 1. The Hall–Kier alpha value is -3.14. The van der Waals surface area contributed by atoms with Crippen LogP contribution in [0, 0.1) is 5.92 Å². The van der Waals surface area contributed by atoms with Crippen LogP contribution < -0.4 is 0 Å². The Balaban J connectivity index is 1.60. The van der Waals surface area contributed by atoms with Gasteiger partial charge in [-0.15, -0.1) is 0 Å². The van der Waals surface area contributed by atoms with Gasteiger partial charge in [0.25, 0.3) is 0 Å². The zero-order valence-electron chi connectivity index (χ0n) is 19.8. The summed E-state index contributed by atoms with van der Waals surface area (Å²) in [7, 11) is 2.17. The van der Waals surface area contributed by atoms with Crippen LogP contribution in [0.15, 0.2) is 65.1 Å². The number of carbonyl (C=O) groups is 1. The molecule has 1 aliphatic carbocycles. The first-order valence-electron chi connectivity index (χ1n) is 12.1. The molecule has 1 aliphatic heterocycles. The molecule has 170 valence electrons. The van der Waals surface area contributed by atoms with E-state index in [0.717, 1.165) is 5.76 Å². The van der Waals surface area contributed by atoms with Crippen LogP contribution >= 0.6 is 0 Å². The summed E-state index contributed by atoms with van der Waals surface area (Å²) >= 11 is 0. The lowest BCUT2D eigenvalue weighted by Gasteiger charge is -2.23. The number of rotatable bonds is 6. The van der Waals surface area contributed by atoms with Gasteiger partial charge >= 0.3 is 5.97 Å². The fourth-order valence-corrected chi connectivity index (χ4v) is 5.73. The molecule has 0 spiro atoms. The van der Waals surface area contributed by atoms with Gasteiger partial charge in [0.15, 0.2) is 5.71 Å². The fourth-order valence-electron chi connectivity index (χ4n) is 5.73. The number of hydrogen-bond acceptors (Lipinski definition) is 3. The minimum absolute atomic E-state index is 0.267. The lowest BCUT2D eigenvalue weighted by molar-refractivity contribution is -0.401. The summed E-state index contributed by atoms with van der Waals surface area (Å²) in [5.74, 6) is 1.31. The molecule has 5 rings (SSSR count). The molecule has 4 nitrogen and oxygen atoms in total. The largest absolute Gasteiger partial charge is 0.460 e. The minimum atomic E-state index is -0.409. The average Bonchev–Trinajstić information content (AvgIpc) is 3.54. The van der Waals surface area contributed by atoms with E-state index in [-0.39, 0.29) is 11.2 Å². The van der Waals surface area contributed by atoms with Crippen molar-refractivity contribution in [1.82, 2.24) is 0 Å². The number of esters is 1. The van der Waals surface area contributed by atoms with Gasteiger partial charge in [0, 0.05) is 24.1 Å². The lowest BCUT2D eigenvalue weighted by atomic mass is 9.74.